The van der Waals surface area contributed by atoms with Crippen LogP contribution in [0, 0.1) is 5.92 Å². The van der Waals surface area contributed by atoms with Crippen LogP contribution in [-0.2, 0) is 26.2 Å². The Labute approximate surface area is 168 Å². The molecule has 2 rings (SSSR count). The fourth-order valence-electron chi connectivity index (χ4n) is 2.39. The van der Waals surface area contributed by atoms with E-state index in [1.165, 1.54) is 19.2 Å². The zero-order chi connectivity index (χ0) is 20.0. The van der Waals surface area contributed by atoms with Crippen molar-refractivity contribution in [3.8, 4) is 5.75 Å². The molecule has 0 unspecified atom stereocenters. The molecule has 27 heavy (non-hydrogen) atoms. The van der Waals surface area contributed by atoms with E-state index in [1.807, 2.05) is 6.07 Å². The number of benzene rings is 2. The van der Waals surface area contributed by atoms with Crippen LogP contribution in [0.2, 0.25) is 0 Å². The number of ether oxygens (including phenoxy) is 2. The number of rotatable bonds is 8. The second kappa shape index (κ2) is 9.34. The Morgan fingerprint density at radius 3 is 2.41 bits per heavy atom. The molecule has 0 saturated heterocycles. The minimum atomic E-state index is -3.84. The fourth-order valence-corrected chi connectivity index (χ4v) is 4.15. The monoisotopic (exact) mass is 455 g/mol. The van der Waals surface area contributed by atoms with E-state index in [-0.39, 0.29) is 17.4 Å². The first-order chi connectivity index (χ1) is 12.7. The molecule has 146 valence electrons. The molecule has 2 aromatic rings. The predicted molar refractivity (Wildman–Crippen MR) is 106 cm³/mol. The summed E-state index contributed by atoms with van der Waals surface area (Å²) in [6.45, 7) is 3.47. The van der Waals surface area contributed by atoms with Crippen molar-refractivity contribution in [1.29, 1.82) is 0 Å². The summed E-state index contributed by atoms with van der Waals surface area (Å²) >= 11 is 3.36. The molecule has 0 bridgehead atoms. The van der Waals surface area contributed by atoms with Gasteiger partial charge in [0.1, 0.15) is 18.4 Å². The van der Waals surface area contributed by atoms with Gasteiger partial charge in [-0.2, -0.15) is 4.72 Å². The number of nitrogens with one attached hydrogen (secondary N) is 1. The highest BCUT2D eigenvalue weighted by Gasteiger charge is 2.29. The van der Waals surface area contributed by atoms with Gasteiger partial charge in [0.2, 0.25) is 10.0 Å². The average molecular weight is 456 g/mol. The number of sulfonamides is 1. The smallest absolute Gasteiger partial charge is 0.324 e. The normalized spacial score (nSPS) is 12.6. The Morgan fingerprint density at radius 2 is 1.81 bits per heavy atom. The van der Waals surface area contributed by atoms with Gasteiger partial charge in [-0.25, -0.2) is 8.42 Å². The molecular formula is C19H22BrNO5S. The molecule has 1 N–H and O–H groups in total. The minimum Gasteiger partial charge on any atom is -0.496 e. The summed E-state index contributed by atoms with van der Waals surface area (Å²) in [6, 6.07) is 12.2. The summed E-state index contributed by atoms with van der Waals surface area (Å²) in [7, 11) is -2.31. The summed E-state index contributed by atoms with van der Waals surface area (Å²) in [5, 5.41) is 0. The van der Waals surface area contributed by atoms with E-state index in [4.69, 9.17) is 9.47 Å². The van der Waals surface area contributed by atoms with Crippen LogP contribution in [0.1, 0.15) is 19.4 Å². The van der Waals surface area contributed by atoms with Crippen molar-refractivity contribution in [1.82, 2.24) is 4.72 Å². The molecule has 2 aromatic carbocycles. The Kier molecular flexibility index (Phi) is 7.41. The number of hydrogen-bond donors (Lipinski definition) is 1. The third-order valence-electron chi connectivity index (χ3n) is 3.87. The zero-order valence-corrected chi connectivity index (χ0v) is 17.7. The molecule has 0 spiro atoms. The number of carbonyl (C=O) groups excluding carboxylic acids is 1. The standard InChI is InChI=1S/C19H22BrNO5S/c1-13(2)18(21-27(23,24)16-7-5-4-6-8-16)19(22)26-12-14-11-15(20)9-10-17(14)25-3/h4-11,13,18,21H,12H2,1-3H3/t18-/m0/s1. The van der Waals surface area contributed by atoms with E-state index in [0.717, 1.165) is 4.47 Å². The van der Waals surface area contributed by atoms with Gasteiger partial charge in [-0.15, -0.1) is 0 Å². The Balaban J connectivity index is 2.13. The van der Waals surface area contributed by atoms with Crippen molar-refractivity contribution >= 4 is 31.9 Å². The number of carbonyl (C=O) groups is 1. The lowest BCUT2D eigenvalue weighted by molar-refractivity contribution is -0.148. The number of hydrogen-bond acceptors (Lipinski definition) is 5. The maximum atomic E-state index is 12.5. The molecule has 6 nitrogen and oxygen atoms in total. The van der Waals surface area contributed by atoms with Gasteiger partial charge in [0, 0.05) is 10.0 Å². The van der Waals surface area contributed by atoms with Gasteiger partial charge in [0.15, 0.2) is 0 Å². The average Bonchev–Trinajstić information content (AvgIpc) is 2.65. The molecule has 0 aliphatic carbocycles. The quantitative estimate of drug-likeness (QED) is 0.615. The molecule has 0 aliphatic heterocycles. The molecule has 0 aromatic heterocycles. The first-order valence-electron chi connectivity index (χ1n) is 8.31. The van der Waals surface area contributed by atoms with Gasteiger partial charge in [-0.3, -0.25) is 4.79 Å². The zero-order valence-electron chi connectivity index (χ0n) is 15.3. The van der Waals surface area contributed by atoms with Crippen molar-refractivity contribution in [2.45, 2.75) is 31.4 Å². The lowest BCUT2D eigenvalue weighted by Crippen LogP contribution is -2.45. The van der Waals surface area contributed by atoms with Gasteiger partial charge in [0.05, 0.1) is 12.0 Å². The lowest BCUT2D eigenvalue weighted by atomic mass is 10.1. The summed E-state index contributed by atoms with van der Waals surface area (Å²) < 4.78 is 38.9. The summed E-state index contributed by atoms with van der Waals surface area (Å²) in [6.07, 6.45) is 0. The van der Waals surface area contributed by atoms with E-state index in [9.17, 15) is 13.2 Å². The minimum absolute atomic E-state index is 0.0300. The highest BCUT2D eigenvalue weighted by atomic mass is 79.9. The summed E-state index contributed by atoms with van der Waals surface area (Å²) in [5.41, 5.74) is 0.675. The molecule has 8 heteroatoms. The fraction of sp³-hybridized carbons (Fsp3) is 0.316. The highest BCUT2D eigenvalue weighted by molar-refractivity contribution is 9.10. The van der Waals surface area contributed by atoms with Crippen LogP contribution in [0.3, 0.4) is 0 Å². The van der Waals surface area contributed by atoms with Crippen molar-refractivity contribution < 1.29 is 22.7 Å². The van der Waals surface area contributed by atoms with Gasteiger partial charge in [-0.1, -0.05) is 48.0 Å². The van der Waals surface area contributed by atoms with E-state index in [2.05, 4.69) is 20.7 Å². The molecular weight excluding hydrogens is 434 g/mol. The van der Waals surface area contributed by atoms with E-state index >= 15 is 0 Å². The van der Waals surface area contributed by atoms with E-state index in [0.29, 0.717) is 11.3 Å². The largest absolute Gasteiger partial charge is 0.496 e. The Hall–Kier alpha value is -1.90. The van der Waals surface area contributed by atoms with Crippen LogP contribution in [-0.4, -0.2) is 27.5 Å². The van der Waals surface area contributed by atoms with Gasteiger partial charge < -0.3 is 9.47 Å². The van der Waals surface area contributed by atoms with Gasteiger partial charge >= 0.3 is 5.97 Å². The van der Waals surface area contributed by atoms with Gasteiger partial charge in [0.25, 0.3) is 0 Å². The number of esters is 1. The second-order valence-corrected chi connectivity index (χ2v) is 8.85. The van der Waals surface area contributed by atoms with Crippen molar-refractivity contribution in [3.63, 3.8) is 0 Å². The number of methoxy groups -OCH3 is 1. The molecule has 0 aliphatic rings. The van der Waals surface area contributed by atoms with Crippen LogP contribution in [0.5, 0.6) is 5.75 Å². The maximum Gasteiger partial charge on any atom is 0.324 e. The topological polar surface area (TPSA) is 81.7 Å². The lowest BCUT2D eigenvalue weighted by Gasteiger charge is -2.21. The SMILES string of the molecule is COc1ccc(Br)cc1COC(=O)[C@@H](NS(=O)(=O)c1ccccc1)C(C)C. The van der Waals surface area contributed by atoms with Crippen molar-refractivity contribution in [3.05, 3.63) is 58.6 Å². The maximum absolute atomic E-state index is 12.5. The van der Waals surface area contributed by atoms with Crippen LogP contribution in [0.15, 0.2) is 57.9 Å². The Bertz CT molecular complexity index is 884. The Morgan fingerprint density at radius 1 is 1.15 bits per heavy atom. The summed E-state index contributed by atoms with van der Waals surface area (Å²) in [5.74, 6) is -0.358. The molecule has 0 heterocycles. The summed E-state index contributed by atoms with van der Waals surface area (Å²) in [4.78, 5) is 12.6. The van der Waals surface area contributed by atoms with Crippen LogP contribution < -0.4 is 9.46 Å². The van der Waals surface area contributed by atoms with Crippen LogP contribution >= 0.6 is 15.9 Å². The predicted octanol–water partition coefficient (Wildman–Crippen LogP) is 3.50. The van der Waals surface area contributed by atoms with E-state index in [1.54, 1.807) is 44.2 Å². The molecule has 0 amide bonds. The molecule has 0 saturated carbocycles. The first-order valence-corrected chi connectivity index (χ1v) is 10.6. The third kappa shape index (κ3) is 5.79. The highest BCUT2D eigenvalue weighted by Crippen LogP contribution is 2.24. The van der Waals surface area contributed by atoms with Crippen LogP contribution in [0.25, 0.3) is 0 Å². The van der Waals surface area contributed by atoms with Gasteiger partial charge in [-0.05, 0) is 36.2 Å². The first kappa shape index (κ1) is 21.4. The third-order valence-corrected chi connectivity index (χ3v) is 5.82. The van der Waals surface area contributed by atoms with E-state index < -0.39 is 22.0 Å². The van der Waals surface area contributed by atoms with Crippen molar-refractivity contribution in [2.75, 3.05) is 7.11 Å². The second-order valence-electron chi connectivity index (χ2n) is 6.22. The van der Waals surface area contributed by atoms with Crippen molar-refractivity contribution in [2.24, 2.45) is 5.92 Å². The van der Waals surface area contributed by atoms with Crippen LogP contribution in [0.4, 0.5) is 0 Å². The number of halogens is 1. The molecule has 0 radical (unpaired) electrons. The molecule has 1 atom stereocenters. The molecule has 0 fully saturated rings.